The van der Waals surface area contributed by atoms with Crippen LogP contribution in [0.1, 0.15) is 25.8 Å². The second-order valence-electron chi connectivity index (χ2n) is 3.78. The molecular formula is C12H17ClSi. The van der Waals surface area contributed by atoms with E-state index in [4.69, 9.17) is 11.6 Å². The van der Waals surface area contributed by atoms with Gasteiger partial charge in [-0.05, 0) is 11.1 Å². The van der Waals surface area contributed by atoms with E-state index in [1.54, 1.807) is 0 Å². The minimum absolute atomic E-state index is 0.204. The third kappa shape index (κ3) is 3.00. The zero-order valence-electron chi connectivity index (χ0n) is 8.89. The van der Waals surface area contributed by atoms with E-state index in [-0.39, 0.29) is 9.52 Å². The summed E-state index contributed by atoms with van der Waals surface area (Å²) in [5, 5.41) is 2.12. The molecule has 0 saturated heterocycles. The van der Waals surface area contributed by atoms with Gasteiger partial charge >= 0.3 is 0 Å². The van der Waals surface area contributed by atoms with Crippen LogP contribution in [-0.4, -0.2) is 9.52 Å². The van der Waals surface area contributed by atoms with Gasteiger partial charge in [0.25, 0.3) is 0 Å². The van der Waals surface area contributed by atoms with Crippen molar-refractivity contribution in [3.8, 4) is 0 Å². The molecule has 0 heterocycles. The lowest BCUT2D eigenvalue weighted by Gasteiger charge is -2.11. The van der Waals surface area contributed by atoms with Crippen LogP contribution in [0.3, 0.4) is 0 Å². The predicted molar refractivity (Wildman–Crippen MR) is 69.2 cm³/mol. The zero-order valence-corrected chi connectivity index (χ0v) is 11.1. The molecule has 0 aromatic heterocycles. The Balaban J connectivity index is 2.90. The maximum absolute atomic E-state index is 5.96. The normalized spacial score (nSPS) is 13.4. The highest BCUT2D eigenvalue weighted by Gasteiger charge is 2.07. The van der Waals surface area contributed by atoms with E-state index in [2.05, 4.69) is 38.6 Å². The Morgan fingerprint density at radius 3 is 2.71 bits per heavy atom. The van der Waals surface area contributed by atoms with Crippen molar-refractivity contribution in [1.29, 1.82) is 0 Å². The van der Waals surface area contributed by atoms with E-state index in [1.165, 1.54) is 11.6 Å². The number of halogens is 1. The maximum Gasteiger partial charge on any atom is 0.0584 e. The van der Waals surface area contributed by atoms with Gasteiger partial charge in [0.2, 0.25) is 0 Å². The first-order chi connectivity index (χ1) is 6.65. The molecule has 0 spiro atoms. The molecule has 2 heteroatoms. The Morgan fingerprint density at radius 2 is 2.14 bits per heavy atom. The minimum Gasteiger partial charge on any atom is -0.0843 e. The van der Waals surface area contributed by atoms with Crippen LogP contribution in [0, 0.1) is 0 Å². The summed E-state index contributed by atoms with van der Waals surface area (Å²) in [5.41, 5.74) is 1.99. The van der Waals surface area contributed by atoms with Crippen molar-refractivity contribution >= 4 is 31.3 Å². The number of benzene rings is 1. The van der Waals surface area contributed by atoms with Crippen LogP contribution < -0.4 is 5.19 Å². The summed E-state index contributed by atoms with van der Waals surface area (Å²) in [7, 11) is -0.204. The molecule has 0 fully saturated rings. The molecule has 1 atom stereocenters. The quantitative estimate of drug-likeness (QED) is 0.690. The highest BCUT2D eigenvalue weighted by molar-refractivity contribution is 6.59. The average Bonchev–Trinajstić information content (AvgIpc) is 2.18. The molecule has 0 aliphatic heterocycles. The largest absolute Gasteiger partial charge is 0.0843 e. The van der Waals surface area contributed by atoms with Crippen molar-refractivity contribution in [3.63, 3.8) is 0 Å². The Labute approximate surface area is 93.8 Å². The number of hydrogen-bond acceptors (Lipinski definition) is 0. The van der Waals surface area contributed by atoms with Gasteiger partial charge < -0.3 is 0 Å². The van der Waals surface area contributed by atoms with Crippen molar-refractivity contribution in [2.45, 2.75) is 25.8 Å². The summed E-state index contributed by atoms with van der Waals surface area (Å²) in [5.74, 6) is 0. The van der Waals surface area contributed by atoms with Gasteiger partial charge in [-0.25, -0.2) is 0 Å². The fourth-order valence-electron chi connectivity index (χ4n) is 1.48. The van der Waals surface area contributed by atoms with Gasteiger partial charge in [0, 0.05) is 5.03 Å². The Kier molecular flexibility index (Phi) is 4.43. The lowest BCUT2D eigenvalue weighted by atomic mass is 10.2. The average molecular weight is 225 g/mol. The van der Waals surface area contributed by atoms with Crippen molar-refractivity contribution in [2.75, 3.05) is 0 Å². The summed E-state index contributed by atoms with van der Waals surface area (Å²) < 4.78 is 0. The van der Waals surface area contributed by atoms with Crippen molar-refractivity contribution in [1.82, 2.24) is 0 Å². The van der Waals surface area contributed by atoms with Crippen LogP contribution in [0.5, 0.6) is 0 Å². The molecule has 0 radical (unpaired) electrons. The van der Waals surface area contributed by atoms with Crippen molar-refractivity contribution in [3.05, 3.63) is 36.4 Å². The highest BCUT2D eigenvalue weighted by Crippen LogP contribution is 2.15. The van der Waals surface area contributed by atoms with Gasteiger partial charge in [0.15, 0.2) is 0 Å². The molecule has 0 aliphatic rings. The Hall–Kier alpha value is -0.533. The predicted octanol–water partition coefficient (Wildman–Crippen LogP) is 2.91. The van der Waals surface area contributed by atoms with Crippen LogP contribution in [-0.2, 0) is 0 Å². The molecule has 1 unspecified atom stereocenters. The molecule has 1 rings (SSSR count). The van der Waals surface area contributed by atoms with Gasteiger partial charge in [0.05, 0.1) is 9.52 Å². The molecule has 0 saturated carbocycles. The minimum atomic E-state index is -0.204. The molecule has 14 heavy (non-hydrogen) atoms. The Morgan fingerprint density at radius 1 is 1.50 bits per heavy atom. The summed E-state index contributed by atoms with van der Waals surface area (Å²) in [6, 6.07) is 8.38. The van der Waals surface area contributed by atoms with Crippen LogP contribution in [0.25, 0.3) is 5.03 Å². The second kappa shape index (κ2) is 5.37. The molecule has 0 aliphatic carbocycles. The monoisotopic (exact) mass is 224 g/mol. The molecule has 0 N–H and O–H groups in total. The standard InChI is InChI=1S/C12H17ClSi/c1-4-9(2)14-12-8-6-5-7-11(12)10(3)13/h5-9H,3-4,14H2,1-2H3. The fourth-order valence-corrected chi connectivity index (χ4v) is 3.64. The summed E-state index contributed by atoms with van der Waals surface area (Å²) >= 11 is 5.96. The summed E-state index contributed by atoms with van der Waals surface area (Å²) in [6.07, 6.45) is 1.26. The van der Waals surface area contributed by atoms with Crippen LogP contribution in [0.2, 0.25) is 5.54 Å². The van der Waals surface area contributed by atoms with Gasteiger partial charge in [0.1, 0.15) is 0 Å². The maximum atomic E-state index is 5.96. The topological polar surface area (TPSA) is 0 Å². The lowest BCUT2D eigenvalue weighted by molar-refractivity contribution is 0.874. The first-order valence-electron chi connectivity index (χ1n) is 5.07. The first kappa shape index (κ1) is 11.5. The number of hydrogen-bond donors (Lipinski definition) is 0. The second-order valence-corrected chi connectivity index (χ2v) is 6.80. The summed E-state index contributed by atoms with van der Waals surface area (Å²) in [4.78, 5) is 0. The molecule has 1 aromatic rings. The van der Waals surface area contributed by atoms with E-state index in [1.807, 2.05) is 6.07 Å². The van der Waals surface area contributed by atoms with E-state index in [9.17, 15) is 0 Å². The molecule has 76 valence electrons. The number of rotatable bonds is 4. The SMILES string of the molecule is C=C(Cl)c1ccccc1[SiH2]C(C)CC. The van der Waals surface area contributed by atoms with E-state index in [0.717, 1.165) is 11.1 Å². The highest BCUT2D eigenvalue weighted by atomic mass is 35.5. The van der Waals surface area contributed by atoms with Crippen LogP contribution in [0.4, 0.5) is 0 Å². The van der Waals surface area contributed by atoms with Crippen molar-refractivity contribution < 1.29 is 0 Å². The fraction of sp³-hybridized carbons (Fsp3) is 0.333. The first-order valence-corrected chi connectivity index (χ1v) is 6.98. The van der Waals surface area contributed by atoms with Gasteiger partial charge in [-0.1, -0.05) is 67.9 Å². The molecule has 0 bridgehead atoms. The Bertz CT molecular complexity index is 320. The van der Waals surface area contributed by atoms with Gasteiger partial charge in [-0.15, -0.1) is 0 Å². The van der Waals surface area contributed by atoms with E-state index >= 15 is 0 Å². The van der Waals surface area contributed by atoms with Crippen LogP contribution >= 0.6 is 11.6 Å². The smallest absolute Gasteiger partial charge is 0.0584 e. The molecule has 0 nitrogen and oxygen atoms in total. The van der Waals surface area contributed by atoms with E-state index in [0.29, 0.717) is 5.03 Å². The lowest BCUT2D eigenvalue weighted by Crippen LogP contribution is -2.21. The zero-order chi connectivity index (χ0) is 10.6. The molecule has 1 aromatic carbocycles. The van der Waals surface area contributed by atoms with Gasteiger partial charge in [-0.3, -0.25) is 0 Å². The van der Waals surface area contributed by atoms with Gasteiger partial charge in [-0.2, -0.15) is 0 Å². The van der Waals surface area contributed by atoms with Crippen molar-refractivity contribution in [2.24, 2.45) is 0 Å². The third-order valence-electron chi connectivity index (χ3n) is 2.57. The third-order valence-corrected chi connectivity index (χ3v) is 5.11. The molecule has 0 amide bonds. The van der Waals surface area contributed by atoms with E-state index < -0.39 is 0 Å². The van der Waals surface area contributed by atoms with Crippen LogP contribution in [0.15, 0.2) is 30.8 Å². The summed E-state index contributed by atoms with van der Waals surface area (Å²) in [6.45, 7) is 8.37. The molecular weight excluding hydrogens is 208 g/mol.